The van der Waals surface area contributed by atoms with Crippen LogP contribution in [0.15, 0.2) is 48.8 Å². The summed E-state index contributed by atoms with van der Waals surface area (Å²) in [5, 5.41) is 0. The molecule has 1 aromatic carbocycles. The second-order valence-corrected chi connectivity index (χ2v) is 8.78. The zero-order valence-corrected chi connectivity index (χ0v) is 19.8. The summed E-state index contributed by atoms with van der Waals surface area (Å²) in [7, 11) is 5.61. The summed E-state index contributed by atoms with van der Waals surface area (Å²) in [6.45, 7) is 3.46. The van der Waals surface area contributed by atoms with Crippen LogP contribution in [0.4, 0.5) is 5.82 Å². The van der Waals surface area contributed by atoms with Crippen LogP contribution in [0.25, 0.3) is 11.4 Å². The highest BCUT2D eigenvalue weighted by atomic mass is 16.5. The predicted molar refractivity (Wildman–Crippen MR) is 130 cm³/mol. The SMILES string of the molecule is COc1ccc(C)cc1CC(=O)N1CCC[C@@H](c2cc(N(C)C)nc(-c3ccncc3)n2)C1. The van der Waals surface area contributed by atoms with E-state index in [2.05, 4.69) is 4.98 Å². The molecule has 0 spiro atoms. The van der Waals surface area contributed by atoms with Crippen molar-refractivity contribution >= 4 is 11.7 Å². The van der Waals surface area contributed by atoms with Gasteiger partial charge in [0.1, 0.15) is 11.6 Å². The fourth-order valence-corrected chi connectivity index (χ4v) is 4.29. The van der Waals surface area contributed by atoms with Crippen molar-refractivity contribution in [3.8, 4) is 17.1 Å². The van der Waals surface area contributed by atoms with E-state index in [1.54, 1.807) is 19.5 Å². The fraction of sp³-hybridized carbons (Fsp3) is 0.385. The zero-order valence-electron chi connectivity index (χ0n) is 19.8. The Labute approximate surface area is 195 Å². The highest BCUT2D eigenvalue weighted by molar-refractivity contribution is 5.79. The first-order valence-electron chi connectivity index (χ1n) is 11.3. The highest BCUT2D eigenvalue weighted by Gasteiger charge is 2.27. The number of benzene rings is 1. The lowest BCUT2D eigenvalue weighted by Gasteiger charge is -2.33. The number of carbonyl (C=O) groups is 1. The Bertz CT molecular complexity index is 1120. The summed E-state index contributed by atoms with van der Waals surface area (Å²) in [4.78, 5) is 30.9. The summed E-state index contributed by atoms with van der Waals surface area (Å²) in [5.74, 6) is 2.60. The van der Waals surface area contributed by atoms with Crippen LogP contribution in [0.5, 0.6) is 5.75 Å². The van der Waals surface area contributed by atoms with Crippen LogP contribution in [0.1, 0.15) is 35.6 Å². The van der Waals surface area contributed by atoms with Crippen molar-refractivity contribution in [1.29, 1.82) is 0 Å². The number of methoxy groups -OCH3 is 1. The van der Waals surface area contributed by atoms with E-state index in [9.17, 15) is 4.79 Å². The van der Waals surface area contributed by atoms with E-state index in [1.165, 1.54) is 0 Å². The van der Waals surface area contributed by atoms with Crippen molar-refractivity contribution in [3.63, 3.8) is 0 Å². The predicted octanol–water partition coefficient (Wildman–Crippen LogP) is 3.87. The maximum absolute atomic E-state index is 13.2. The third-order valence-corrected chi connectivity index (χ3v) is 6.10. The Morgan fingerprint density at radius 2 is 1.94 bits per heavy atom. The van der Waals surface area contributed by atoms with Gasteiger partial charge in [-0.2, -0.15) is 0 Å². The molecule has 4 rings (SSSR count). The second-order valence-electron chi connectivity index (χ2n) is 8.78. The van der Waals surface area contributed by atoms with Crippen LogP contribution in [-0.4, -0.2) is 60.1 Å². The third-order valence-electron chi connectivity index (χ3n) is 6.10. The van der Waals surface area contributed by atoms with Crippen LogP contribution in [0, 0.1) is 6.92 Å². The van der Waals surface area contributed by atoms with E-state index in [-0.39, 0.29) is 11.8 Å². The molecule has 1 amide bonds. The molecule has 1 aliphatic heterocycles. The van der Waals surface area contributed by atoms with Gasteiger partial charge in [-0.3, -0.25) is 9.78 Å². The quantitative estimate of drug-likeness (QED) is 0.574. The van der Waals surface area contributed by atoms with Gasteiger partial charge in [0.25, 0.3) is 0 Å². The molecule has 0 unspecified atom stereocenters. The maximum atomic E-state index is 13.2. The first-order valence-corrected chi connectivity index (χ1v) is 11.3. The number of rotatable bonds is 6. The average Bonchev–Trinajstić information content (AvgIpc) is 2.84. The number of carbonyl (C=O) groups excluding carboxylic acids is 1. The van der Waals surface area contributed by atoms with Gasteiger partial charge in [0.15, 0.2) is 5.82 Å². The van der Waals surface area contributed by atoms with E-state index in [0.717, 1.165) is 53.3 Å². The molecule has 0 radical (unpaired) electrons. The average molecular weight is 446 g/mol. The number of anilines is 1. The molecular formula is C26H31N5O2. The Morgan fingerprint density at radius 3 is 2.67 bits per heavy atom. The zero-order chi connectivity index (χ0) is 23.4. The maximum Gasteiger partial charge on any atom is 0.227 e. The van der Waals surface area contributed by atoms with Gasteiger partial charge in [0.05, 0.1) is 19.2 Å². The Kier molecular flexibility index (Phi) is 6.87. The molecule has 3 heterocycles. The summed E-state index contributed by atoms with van der Waals surface area (Å²) < 4.78 is 5.47. The number of nitrogens with zero attached hydrogens (tertiary/aromatic N) is 5. The lowest BCUT2D eigenvalue weighted by atomic mass is 9.93. The van der Waals surface area contributed by atoms with Gasteiger partial charge in [-0.25, -0.2) is 9.97 Å². The van der Waals surface area contributed by atoms with Crippen molar-refractivity contribution in [2.45, 2.75) is 32.1 Å². The van der Waals surface area contributed by atoms with Gasteiger partial charge in [-0.05, 0) is 38.0 Å². The largest absolute Gasteiger partial charge is 0.496 e. The summed E-state index contributed by atoms with van der Waals surface area (Å²) >= 11 is 0. The van der Waals surface area contributed by atoms with Gasteiger partial charge < -0.3 is 14.5 Å². The number of amides is 1. The molecule has 172 valence electrons. The van der Waals surface area contributed by atoms with E-state index in [4.69, 9.17) is 14.7 Å². The van der Waals surface area contributed by atoms with Crippen LogP contribution in [0.3, 0.4) is 0 Å². The van der Waals surface area contributed by atoms with Gasteiger partial charge in [-0.1, -0.05) is 17.7 Å². The van der Waals surface area contributed by atoms with Crippen LogP contribution in [0.2, 0.25) is 0 Å². The second kappa shape index (κ2) is 9.98. The molecule has 2 aromatic heterocycles. The van der Waals surface area contributed by atoms with Crippen molar-refractivity contribution in [1.82, 2.24) is 19.9 Å². The highest BCUT2D eigenvalue weighted by Crippen LogP contribution is 2.30. The van der Waals surface area contributed by atoms with Crippen molar-refractivity contribution < 1.29 is 9.53 Å². The molecular weight excluding hydrogens is 414 g/mol. The molecule has 0 saturated carbocycles. The van der Waals surface area contributed by atoms with E-state index >= 15 is 0 Å². The molecule has 1 aliphatic rings. The molecule has 0 bridgehead atoms. The Morgan fingerprint density at radius 1 is 1.15 bits per heavy atom. The lowest BCUT2D eigenvalue weighted by Crippen LogP contribution is -2.40. The number of piperidine rings is 1. The number of hydrogen-bond donors (Lipinski definition) is 0. The number of ether oxygens (including phenoxy) is 1. The minimum Gasteiger partial charge on any atom is -0.496 e. The van der Waals surface area contributed by atoms with Crippen LogP contribution < -0.4 is 9.64 Å². The monoisotopic (exact) mass is 445 g/mol. The molecule has 0 aliphatic carbocycles. The molecule has 1 saturated heterocycles. The Balaban J connectivity index is 1.56. The van der Waals surface area contributed by atoms with Gasteiger partial charge in [-0.15, -0.1) is 0 Å². The Hall–Kier alpha value is -3.48. The molecule has 0 N–H and O–H groups in total. The fourth-order valence-electron chi connectivity index (χ4n) is 4.29. The number of aryl methyl sites for hydroxylation is 1. The first kappa shape index (κ1) is 22.7. The van der Waals surface area contributed by atoms with Crippen molar-refractivity contribution in [2.75, 3.05) is 39.2 Å². The lowest BCUT2D eigenvalue weighted by molar-refractivity contribution is -0.131. The smallest absolute Gasteiger partial charge is 0.227 e. The number of aromatic nitrogens is 3. The minimum absolute atomic E-state index is 0.125. The van der Waals surface area contributed by atoms with Gasteiger partial charge in [0, 0.05) is 62.7 Å². The molecule has 1 fully saturated rings. The number of hydrogen-bond acceptors (Lipinski definition) is 6. The normalized spacial score (nSPS) is 15.9. The molecule has 33 heavy (non-hydrogen) atoms. The van der Waals surface area contributed by atoms with Crippen molar-refractivity contribution in [2.24, 2.45) is 0 Å². The number of likely N-dealkylation sites (tertiary alicyclic amines) is 1. The molecule has 7 heteroatoms. The summed E-state index contributed by atoms with van der Waals surface area (Å²) in [6.07, 6.45) is 5.79. The van der Waals surface area contributed by atoms with Crippen LogP contribution in [-0.2, 0) is 11.2 Å². The van der Waals surface area contributed by atoms with Gasteiger partial charge >= 0.3 is 0 Å². The van der Waals surface area contributed by atoms with E-state index < -0.39 is 0 Å². The van der Waals surface area contributed by atoms with E-state index in [0.29, 0.717) is 18.8 Å². The van der Waals surface area contributed by atoms with Crippen molar-refractivity contribution in [3.05, 3.63) is 65.6 Å². The molecule has 1 atom stereocenters. The van der Waals surface area contributed by atoms with Gasteiger partial charge in [0.2, 0.25) is 5.91 Å². The standard InChI is InChI=1S/C26H31N5O2/c1-18-7-8-23(33-4)21(14-18)15-25(32)31-13-5-6-20(17-31)22-16-24(30(2)3)29-26(28-22)19-9-11-27-12-10-19/h7-12,14,16,20H,5-6,13,15,17H2,1-4H3/t20-/m1/s1. The topological polar surface area (TPSA) is 71.5 Å². The molecule has 3 aromatic rings. The van der Waals surface area contributed by atoms with Crippen LogP contribution >= 0.6 is 0 Å². The summed E-state index contributed by atoms with van der Waals surface area (Å²) in [5.41, 5.74) is 3.97. The number of pyridine rings is 1. The first-order chi connectivity index (χ1) is 15.9. The molecule has 7 nitrogen and oxygen atoms in total. The minimum atomic E-state index is 0.125. The van der Waals surface area contributed by atoms with E-state index in [1.807, 2.05) is 67.2 Å². The third kappa shape index (κ3) is 5.30. The summed E-state index contributed by atoms with van der Waals surface area (Å²) in [6, 6.07) is 11.9.